The highest BCUT2D eigenvalue weighted by Crippen LogP contribution is 2.53. The lowest BCUT2D eigenvalue weighted by molar-refractivity contribution is 0.213. The monoisotopic (exact) mass is 218 g/mol. The van der Waals surface area contributed by atoms with Gasteiger partial charge in [-0.25, -0.2) is 0 Å². The molecule has 3 heteroatoms. The van der Waals surface area contributed by atoms with Crippen molar-refractivity contribution >= 4 is 0 Å². The van der Waals surface area contributed by atoms with Crippen LogP contribution in [0.2, 0.25) is 0 Å². The van der Waals surface area contributed by atoms with E-state index in [4.69, 9.17) is 4.74 Å². The molecule has 0 bridgehead atoms. The zero-order valence-corrected chi connectivity index (χ0v) is 9.72. The maximum Gasteiger partial charge on any atom is 0.137 e. The number of ether oxygens (including phenoxy) is 1. The van der Waals surface area contributed by atoms with E-state index in [1.807, 2.05) is 0 Å². The zero-order valence-electron chi connectivity index (χ0n) is 9.72. The van der Waals surface area contributed by atoms with Gasteiger partial charge >= 0.3 is 0 Å². The Balaban J connectivity index is 1.57. The van der Waals surface area contributed by atoms with Crippen molar-refractivity contribution in [3.05, 3.63) is 24.0 Å². The van der Waals surface area contributed by atoms with Gasteiger partial charge in [0.25, 0.3) is 0 Å². The molecule has 16 heavy (non-hydrogen) atoms. The van der Waals surface area contributed by atoms with Crippen LogP contribution in [0.1, 0.15) is 25.0 Å². The molecule has 1 saturated carbocycles. The summed E-state index contributed by atoms with van der Waals surface area (Å²) in [7, 11) is 2.12. The maximum absolute atomic E-state index is 6.04. The highest BCUT2D eigenvalue weighted by atomic mass is 16.6. The molecule has 1 aromatic heterocycles. The van der Waals surface area contributed by atoms with E-state index in [1.54, 1.807) is 0 Å². The summed E-state index contributed by atoms with van der Waals surface area (Å²) in [5, 5.41) is 0. The highest BCUT2D eigenvalue weighted by Gasteiger charge is 2.62. The lowest BCUT2D eigenvalue weighted by atomic mass is 9.93. The number of fused-ring (bicyclic) bond motifs is 1. The Morgan fingerprint density at radius 1 is 1.44 bits per heavy atom. The minimum absolute atomic E-state index is 0.0731. The van der Waals surface area contributed by atoms with Crippen LogP contribution in [0.15, 0.2) is 18.3 Å². The first-order chi connectivity index (χ1) is 7.79. The van der Waals surface area contributed by atoms with Gasteiger partial charge in [-0.3, -0.25) is 4.90 Å². The number of rotatable bonds is 2. The number of likely N-dealkylation sites (tertiary alicyclic amines) is 1. The SMILES string of the molecule is Cn1cccc1C12CCN(C3CC3)CC1O2. The first-order valence-electron chi connectivity index (χ1n) is 6.33. The van der Waals surface area contributed by atoms with E-state index in [-0.39, 0.29) is 5.60 Å². The van der Waals surface area contributed by atoms with Crippen molar-refractivity contribution in [1.82, 2.24) is 9.47 Å². The standard InChI is InChI=1S/C13H18N2O/c1-14-7-2-3-11(14)13-6-8-15(10-4-5-10)9-12(13)16-13/h2-3,7,10,12H,4-6,8-9H2,1H3. The van der Waals surface area contributed by atoms with Crippen molar-refractivity contribution in [2.75, 3.05) is 13.1 Å². The third-order valence-corrected chi connectivity index (χ3v) is 4.43. The molecule has 0 aromatic carbocycles. The second-order valence-corrected chi connectivity index (χ2v) is 5.48. The molecule has 2 atom stereocenters. The Kier molecular flexibility index (Phi) is 1.68. The third kappa shape index (κ3) is 1.16. The van der Waals surface area contributed by atoms with Crippen LogP contribution < -0.4 is 0 Å². The van der Waals surface area contributed by atoms with E-state index in [0.717, 1.165) is 12.6 Å². The number of nitrogens with zero attached hydrogens (tertiary/aromatic N) is 2. The molecule has 0 radical (unpaired) electrons. The molecule has 2 aliphatic heterocycles. The zero-order chi connectivity index (χ0) is 10.8. The van der Waals surface area contributed by atoms with Gasteiger partial charge in [0, 0.05) is 32.4 Å². The fourth-order valence-corrected chi connectivity index (χ4v) is 3.26. The number of hydrogen-bond acceptors (Lipinski definition) is 2. The smallest absolute Gasteiger partial charge is 0.137 e. The Morgan fingerprint density at radius 2 is 2.31 bits per heavy atom. The number of aryl methyl sites for hydroxylation is 1. The Labute approximate surface area is 96.0 Å². The van der Waals surface area contributed by atoms with Crippen molar-refractivity contribution in [3.63, 3.8) is 0 Å². The van der Waals surface area contributed by atoms with Crippen molar-refractivity contribution in [3.8, 4) is 0 Å². The summed E-state index contributed by atoms with van der Waals surface area (Å²) < 4.78 is 8.25. The van der Waals surface area contributed by atoms with Crippen LogP contribution >= 0.6 is 0 Å². The summed E-state index contributed by atoms with van der Waals surface area (Å²) in [6.07, 6.45) is 6.56. The van der Waals surface area contributed by atoms with Crippen LogP contribution in [0, 0.1) is 0 Å². The molecule has 86 valence electrons. The molecule has 4 rings (SSSR count). The molecule has 1 aliphatic carbocycles. The van der Waals surface area contributed by atoms with Crippen LogP contribution in [0.4, 0.5) is 0 Å². The summed E-state index contributed by atoms with van der Waals surface area (Å²) in [6, 6.07) is 5.22. The van der Waals surface area contributed by atoms with Gasteiger partial charge in [0.05, 0.1) is 5.69 Å². The van der Waals surface area contributed by atoms with Gasteiger partial charge in [0.2, 0.25) is 0 Å². The molecule has 3 heterocycles. The van der Waals surface area contributed by atoms with Crippen LogP contribution in [-0.4, -0.2) is 34.7 Å². The van der Waals surface area contributed by atoms with E-state index in [9.17, 15) is 0 Å². The molecule has 3 aliphatic rings. The van der Waals surface area contributed by atoms with Gasteiger partial charge in [-0.15, -0.1) is 0 Å². The van der Waals surface area contributed by atoms with Crippen LogP contribution in [0.3, 0.4) is 0 Å². The summed E-state index contributed by atoms with van der Waals surface area (Å²) >= 11 is 0. The van der Waals surface area contributed by atoms with Crippen LogP contribution in [0.25, 0.3) is 0 Å². The lowest BCUT2D eigenvalue weighted by Gasteiger charge is -2.28. The Morgan fingerprint density at radius 3 is 2.94 bits per heavy atom. The average Bonchev–Trinajstić information content (AvgIpc) is 3.17. The Bertz CT molecular complexity index is 423. The minimum atomic E-state index is 0.0731. The first kappa shape index (κ1) is 9.25. The normalized spacial score (nSPS) is 38.4. The Hall–Kier alpha value is -0.800. The first-order valence-corrected chi connectivity index (χ1v) is 6.33. The van der Waals surface area contributed by atoms with Gasteiger partial charge in [-0.1, -0.05) is 0 Å². The summed E-state index contributed by atoms with van der Waals surface area (Å²) in [4.78, 5) is 2.62. The van der Waals surface area contributed by atoms with Crippen molar-refractivity contribution in [1.29, 1.82) is 0 Å². The lowest BCUT2D eigenvalue weighted by Crippen LogP contribution is -2.40. The van der Waals surface area contributed by atoms with Crippen molar-refractivity contribution in [2.45, 2.75) is 37.0 Å². The van der Waals surface area contributed by atoms with E-state index in [2.05, 4.69) is 34.8 Å². The summed E-state index contributed by atoms with van der Waals surface area (Å²) in [6.45, 7) is 2.36. The molecule has 2 saturated heterocycles. The van der Waals surface area contributed by atoms with Gasteiger partial charge in [-0.2, -0.15) is 0 Å². The predicted octanol–water partition coefficient (Wildman–Crippen LogP) is 1.49. The fourth-order valence-electron chi connectivity index (χ4n) is 3.26. The third-order valence-electron chi connectivity index (χ3n) is 4.43. The van der Waals surface area contributed by atoms with E-state index in [1.165, 1.54) is 31.5 Å². The molecular formula is C13H18N2O. The van der Waals surface area contributed by atoms with E-state index >= 15 is 0 Å². The number of epoxide rings is 1. The molecule has 2 unspecified atom stereocenters. The van der Waals surface area contributed by atoms with Crippen LogP contribution in [-0.2, 0) is 17.4 Å². The van der Waals surface area contributed by atoms with E-state index < -0.39 is 0 Å². The number of aromatic nitrogens is 1. The second kappa shape index (κ2) is 2.90. The number of hydrogen-bond donors (Lipinski definition) is 0. The minimum Gasteiger partial charge on any atom is -0.358 e. The number of piperidine rings is 1. The maximum atomic E-state index is 6.04. The molecule has 0 spiro atoms. The van der Waals surface area contributed by atoms with E-state index in [0.29, 0.717) is 6.10 Å². The van der Waals surface area contributed by atoms with Gasteiger partial charge in [-0.05, 0) is 31.4 Å². The second-order valence-electron chi connectivity index (χ2n) is 5.48. The molecule has 3 fully saturated rings. The van der Waals surface area contributed by atoms with Crippen molar-refractivity contribution < 1.29 is 4.74 Å². The quantitative estimate of drug-likeness (QED) is 0.701. The largest absolute Gasteiger partial charge is 0.358 e. The average molecular weight is 218 g/mol. The fraction of sp³-hybridized carbons (Fsp3) is 0.692. The summed E-state index contributed by atoms with van der Waals surface area (Å²) in [5.74, 6) is 0. The van der Waals surface area contributed by atoms with Gasteiger partial charge in [0.1, 0.15) is 11.7 Å². The van der Waals surface area contributed by atoms with Gasteiger partial charge in [0.15, 0.2) is 0 Å². The van der Waals surface area contributed by atoms with Gasteiger partial charge < -0.3 is 9.30 Å². The molecule has 1 aromatic rings. The predicted molar refractivity (Wildman–Crippen MR) is 61.2 cm³/mol. The molecule has 3 nitrogen and oxygen atoms in total. The molecule has 0 amide bonds. The highest BCUT2D eigenvalue weighted by molar-refractivity contribution is 5.26. The molecule has 0 N–H and O–H groups in total. The summed E-state index contributed by atoms with van der Waals surface area (Å²) in [5.41, 5.74) is 1.44. The van der Waals surface area contributed by atoms with Crippen LogP contribution in [0.5, 0.6) is 0 Å². The topological polar surface area (TPSA) is 20.7 Å². The molecular weight excluding hydrogens is 200 g/mol. The van der Waals surface area contributed by atoms with Crippen molar-refractivity contribution in [2.24, 2.45) is 7.05 Å².